The first kappa shape index (κ1) is 15.4. The molecule has 0 amide bonds. The number of halogens is 2. The quantitative estimate of drug-likeness (QED) is 0.823. The van der Waals surface area contributed by atoms with Crippen LogP contribution in [0.2, 0.25) is 5.02 Å². The van der Waals surface area contributed by atoms with Gasteiger partial charge in [-0.2, -0.15) is 5.26 Å². The lowest BCUT2D eigenvalue weighted by molar-refractivity contribution is 0.0593. The van der Waals surface area contributed by atoms with E-state index in [1.54, 1.807) is 6.07 Å². The molecule has 2 rings (SSSR count). The van der Waals surface area contributed by atoms with Crippen molar-refractivity contribution in [3.05, 3.63) is 44.6 Å². The third kappa shape index (κ3) is 2.62. The molecule has 1 aromatic heterocycles. The predicted molar refractivity (Wildman–Crippen MR) is 83.7 cm³/mol. The Hall–Kier alpha value is -1.97. The third-order valence-electron chi connectivity index (χ3n) is 3.00. The van der Waals surface area contributed by atoms with Gasteiger partial charge in [0.05, 0.1) is 29.1 Å². The Kier molecular flexibility index (Phi) is 4.26. The van der Waals surface area contributed by atoms with Crippen LogP contribution in [0.15, 0.2) is 22.8 Å². The molecule has 0 unspecified atom stereocenters. The molecule has 0 aliphatic rings. The van der Waals surface area contributed by atoms with E-state index < -0.39 is 5.97 Å². The molecule has 0 aliphatic carbocycles. The molecule has 0 radical (unpaired) electrons. The van der Waals surface area contributed by atoms with E-state index in [9.17, 15) is 4.79 Å². The van der Waals surface area contributed by atoms with Crippen LogP contribution in [0.1, 0.15) is 21.6 Å². The van der Waals surface area contributed by atoms with Crippen molar-refractivity contribution in [1.82, 2.24) is 4.57 Å². The Morgan fingerprint density at radius 3 is 2.71 bits per heavy atom. The van der Waals surface area contributed by atoms with Crippen molar-refractivity contribution in [2.75, 3.05) is 12.8 Å². The molecule has 7 heteroatoms. The summed E-state index contributed by atoms with van der Waals surface area (Å²) in [7, 11) is 1.25. The number of carbonyl (C=O) groups excluding carboxylic acids is 1. The summed E-state index contributed by atoms with van der Waals surface area (Å²) >= 11 is 9.62. The number of benzene rings is 1. The van der Waals surface area contributed by atoms with Crippen LogP contribution in [0.4, 0.5) is 5.69 Å². The third-order valence-corrected chi connectivity index (χ3v) is 3.75. The van der Waals surface area contributed by atoms with Crippen LogP contribution in [0.5, 0.6) is 0 Å². The van der Waals surface area contributed by atoms with Crippen LogP contribution in [0, 0.1) is 18.3 Å². The summed E-state index contributed by atoms with van der Waals surface area (Å²) in [6, 6.07) is 5.50. The van der Waals surface area contributed by atoms with E-state index in [1.807, 2.05) is 19.1 Å². The van der Waals surface area contributed by atoms with Crippen molar-refractivity contribution in [2.24, 2.45) is 0 Å². The van der Waals surface area contributed by atoms with Gasteiger partial charge in [0.25, 0.3) is 0 Å². The van der Waals surface area contributed by atoms with Crippen molar-refractivity contribution in [3.63, 3.8) is 0 Å². The van der Waals surface area contributed by atoms with Crippen LogP contribution in [0.25, 0.3) is 5.69 Å². The fourth-order valence-electron chi connectivity index (χ4n) is 2.09. The maximum absolute atomic E-state index is 12.0. The molecule has 0 atom stereocenters. The molecule has 0 saturated heterocycles. The number of nitrogens with two attached hydrogens (primary N) is 1. The largest absolute Gasteiger partial charge is 0.464 e. The van der Waals surface area contributed by atoms with Crippen molar-refractivity contribution in [3.8, 4) is 11.8 Å². The molecule has 2 N–H and O–H groups in total. The number of nitrogens with zero attached hydrogens (tertiary/aromatic N) is 2. The maximum atomic E-state index is 12.0. The fourth-order valence-corrected chi connectivity index (χ4v) is 3.15. The topological polar surface area (TPSA) is 81.0 Å². The van der Waals surface area contributed by atoms with Gasteiger partial charge in [-0.3, -0.25) is 0 Å². The Morgan fingerprint density at radius 2 is 2.19 bits per heavy atom. The van der Waals surface area contributed by atoms with Gasteiger partial charge in [-0.1, -0.05) is 27.5 Å². The average molecular weight is 369 g/mol. The molecular formula is C14H11BrClN3O2. The smallest absolute Gasteiger partial charge is 0.357 e. The second kappa shape index (κ2) is 5.80. The minimum Gasteiger partial charge on any atom is -0.464 e. The Bertz CT molecular complexity index is 754. The molecule has 5 nitrogen and oxygen atoms in total. The zero-order valence-electron chi connectivity index (χ0n) is 11.3. The number of hydrogen-bond acceptors (Lipinski definition) is 4. The van der Waals surface area contributed by atoms with Crippen LogP contribution in [-0.4, -0.2) is 17.6 Å². The zero-order valence-corrected chi connectivity index (χ0v) is 13.6. The number of rotatable bonds is 2. The number of methoxy groups -OCH3 is 1. The number of nitriles is 1. The molecule has 0 aliphatic heterocycles. The predicted octanol–water partition coefficient (Wildman–Crippen LogP) is 3.44. The molecular weight excluding hydrogens is 358 g/mol. The highest BCUT2D eigenvalue weighted by Gasteiger charge is 2.23. The first-order valence-corrected chi connectivity index (χ1v) is 7.03. The molecule has 0 spiro atoms. The van der Waals surface area contributed by atoms with Gasteiger partial charge in [-0.25, -0.2) is 4.79 Å². The first-order valence-electron chi connectivity index (χ1n) is 5.86. The lowest BCUT2D eigenvalue weighted by Crippen LogP contribution is -2.12. The van der Waals surface area contributed by atoms with Gasteiger partial charge in [0.1, 0.15) is 6.07 Å². The lowest BCUT2D eigenvalue weighted by atomic mass is 10.2. The molecule has 1 aromatic carbocycles. The van der Waals surface area contributed by atoms with Crippen LogP contribution in [0.3, 0.4) is 0 Å². The number of esters is 1. The highest BCUT2D eigenvalue weighted by Crippen LogP contribution is 2.33. The molecule has 0 bridgehead atoms. The highest BCUT2D eigenvalue weighted by atomic mass is 79.9. The number of ether oxygens (including phenoxy) is 1. The first-order chi connectivity index (χ1) is 9.90. The van der Waals surface area contributed by atoms with Crippen LogP contribution < -0.4 is 5.73 Å². The second-order valence-corrected chi connectivity index (χ2v) is 5.65. The highest BCUT2D eigenvalue weighted by molar-refractivity contribution is 9.10. The molecule has 21 heavy (non-hydrogen) atoms. The van der Waals surface area contributed by atoms with E-state index in [4.69, 9.17) is 27.3 Å². The van der Waals surface area contributed by atoms with Crippen molar-refractivity contribution < 1.29 is 9.53 Å². The summed E-state index contributed by atoms with van der Waals surface area (Å²) in [4.78, 5) is 12.0. The summed E-state index contributed by atoms with van der Waals surface area (Å²) in [6.07, 6.45) is 1.48. The molecule has 2 aromatic rings. The van der Waals surface area contributed by atoms with E-state index in [1.165, 1.54) is 17.9 Å². The van der Waals surface area contributed by atoms with Crippen LogP contribution in [-0.2, 0) is 4.74 Å². The molecule has 1 heterocycles. The minimum atomic E-state index is -0.632. The van der Waals surface area contributed by atoms with E-state index in [0.29, 0.717) is 10.7 Å². The molecule has 0 fully saturated rings. The van der Waals surface area contributed by atoms with E-state index in [2.05, 4.69) is 15.9 Å². The Balaban J connectivity index is 2.82. The normalized spacial score (nSPS) is 10.2. The Labute approximate surface area is 135 Å². The standard InChI is InChI=1S/C14H11BrClN3O2/c1-7-3-9(15)4-10(16)12(7)19-6-8(5-17)11(18)13(19)14(20)21-2/h3-4,6H,18H2,1-2H3. The van der Waals surface area contributed by atoms with Gasteiger partial charge in [0.15, 0.2) is 5.69 Å². The van der Waals surface area contributed by atoms with Crippen molar-refractivity contribution >= 4 is 39.2 Å². The van der Waals surface area contributed by atoms with Gasteiger partial charge in [-0.15, -0.1) is 0 Å². The number of hydrogen-bond donors (Lipinski definition) is 1. The second-order valence-electron chi connectivity index (χ2n) is 4.33. The van der Waals surface area contributed by atoms with E-state index >= 15 is 0 Å². The summed E-state index contributed by atoms with van der Waals surface area (Å²) in [5.74, 6) is -0.632. The van der Waals surface area contributed by atoms with Gasteiger partial charge < -0.3 is 15.0 Å². The molecule has 108 valence electrons. The SMILES string of the molecule is COC(=O)c1c(N)c(C#N)cn1-c1c(C)cc(Br)cc1Cl. The van der Waals surface area contributed by atoms with E-state index in [-0.39, 0.29) is 16.9 Å². The van der Waals surface area contributed by atoms with Gasteiger partial charge in [0.2, 0.25) is 0 Å². The van der Waals surface area contributed by atoms with E-state index in [0.717, 1.165) is 10.0 Å². The summed E-state index contributed by atoms with van der Waals surface area (Å²) in [5.41, 5.74) is 7.60. The maximum Gasteiger partial charge on any atom is 0.357 e. The zero-order chi connectivity index (χ0) is 15.7. The van der Waals surface area contributed by atoms with Gasteiger partial charge in [0, 0.05) is 10.7 Å². The monoisotopic (exact) mass is 367 g/mol. The molecule has 0 saturated carbocycles. The number of carbonyl (C=O) groups is 1. The Morgan fingerprint density at radius 1 is 1.52 bits per heavy atom. The number of nitrogen functional groups attached to an aromatic ring is 1. The summed E-state index contributed by atoms with van der Waals surface area (Å²) in [6.45, 7) is 1.84. The lowest BCUT2D eigenvalue weighted by Gasteiger charge is -2.13. The van der Waals surface area contributed by atoms with Gasteiger partial charge in [-0.05, 0) is 24.6 Å². The van der Waals surface area contributed by atoms with Crippen molar-refractivity contribution in [2.45, 2.75) is 6.92 Å². The number of aryl methyl sites for hydroxylation is 1. The van der Waals surface area contributed by atoms with Crippen LogP contribution >= 0.6 is 27.5 Å². The minimum absolute atomic E-state index is 0.0720. The average Bonchev–Trinajstić information content (AvgIpc) is 2.73. The van der Waals surface area contributed by atoms with Crippen molar-refractivity contribution in [1.29, 1.82) is 5.26 Å². The summed E-state index contributed by atoms with van der Waals surface area (Å²) in [5, 5.41) is 9.53. The fraction of sp³-hybridized carbons (Fsp3) is 0.143. The van der Waals surface area contributed by atoms with Gasteiger partial charge >= 0.3 is 5.97 Å². The summed E-state index contributed by atoms with van der Waals surface area (Å²) < 4.78 is 7.04. The number of aromatic nitrogens is 1. The number of anilines is 1.